The second-order valence-corrected chi connectivity index (χ2v) is 7.44. The van der Waals surface area contributed by atoms with Crippen molar-refractivity contribution in [3.8, 4) is 5.75 Å². The Hall–Kier alpha value is -3.66. The maximum absolute atomic E-state index is 13.6. The van der Waals surface area contributed by atoms with Crippen LogP contribution in [0.3, 0.4) is 0 Å². The van der Waals surface area contributed by atoms with Crippen LogP contribution in [0.15, 0.2) is 60.2 Å². The number of rotatable bonds is 7. The molecule has 0 aliphatic rings. The molecular formula is C21H15F3N4O2S. The summed E-state index contributed by atoms with van der Waals surface area (Å²) < 4.78 is 46.7. The van der Waals surface area contributed by atoms with Crippen molar-refractivity contribution in [1.82, 2.24) is 14.8 Å². The highest BCUT2D eigenvalue weighted by Gasteiger charge is 2.13. The van der Waals surface area contributed by atoms with Crippen molar-refractivity contribution in [3.05, 3.63) is 93.7 Å². The summed E-state index contributed by atoms with van der Waals surface area (Å²) >= 11 is 1.18. The predicted molar refractivity (Wildman–Crippen MR) is 108 cm³/mol. The van der Waals surface area contributed by atoms with Crippen LogP contribution in [0.1, 0.15) is 20.8 Å². The largest absolute Gasteiger partial charge is 0.486 e. The minimum Gasteiger partial charge on any atom is -0.486 e. The van der Waals surface area contributed by atoms with Gasteiger partial charge >= 0.3 is 0 Å². The number of nitrogens with zero attached hydrogens (tertiary/aromatic N) is 3. The van der Waals surface area contributed by atoms with Crippen molar-refractivity contribution in [2.45, 2.75) is 13.2 Å². The first-order chi connectivity index (χ1) is 15.0. The van der Waals surface area contributed by atoms with Gasteiger partial charge in [0.25, 0.3) is 5.91 Å². The molecule has 10 heteroatoms. The number of hydrogen-bond donors (Lipinski definition) is 1. The van der Waals surface area contributed by atoms with Crippen molar-refractivity contribution < 1.29 is 22.7 Å². The number of halogens is 3. The molecule has 0 spiro atoms. The van der Waals surface area contributed by atoms with Crippen molar-refractivity contribution in [1.29, 1.82) is 0 Å². The van der Waals surface area contributed by atoms with E-state index in [1.165, 1.54) is 40.5 Å². The molecule has 0 saturated heterocycles. The quantitative estimate of drug-likeness (QED) is 0.451. The van der Waals surface area contributed by atoms with Crippen LogP contribution in [0.4, 0.5) is 19.1 Å². The van der Waals surface area contributed by atoms with Crippen LogP contribution in [0.25, 0.3) is 0 Å². The van der Waals surface area contributed by atoms with Gasteiger partial charge in [-0.05, 0) is 41.3 Å². The number of carbonyl (C=O) groups excluding carboxylic acids is 1. The van der Waals surface area contributed by atoms with Gasteiger partial charge in [0, 0.05) is 11.6 Å². The van der Waals surface area contributed by atoms with Gasteiger partial charge in [-0.1, -0.05) is 12.1 Å². The van der Waals surface area contributed by atoms with Crippen molar-refractivity contribution in [2.24, 2.45) is 0 Å². The Bertz CT molecular complexity index is 1220. The summed E-state index contributed by atoms with van der Waals surface area (Å²) in [6, 6.07) is 10.8. The third-order valence-electron chi connectivity index (χ3n) is 4.16. The van der Waals surface area contributed by atoms with Crippen molar-refractivity contribution >= 4 is 23.2 Å². The average Bonchev–Trinajstić information content (AvgIpc) is 3.37. The third-order valence-corrected chi connectivity index (χ3v) is 5.14. The van der Waals surface area contributed by atoms with Gasteiger partial charge < -0.3 is 4.74 Å². The van der Waals surface area contributed by atoms with Gasteiger partial charge in [-0.2, -0.15) is 0 Å². The van der Waals surface area contributed by atoms with Crippen LogP contribution in [0.2, 0.25) is 0 Å². The smallest absolute Gasteiger partial charge is 0.268 e. The summed E-state index contributed by atoms with van der Waals surface area (Å²) in [5.74, 6) is -2.20. The molecule has 1 N–H and O–H groups in total. The predicted octanol–water partition coefficient (Wildman–Crippen LogP) is 4.64. The van der Waals surface area contributed by atoms with Crippen LogP contribution in [0.5, 0.6) is 5.75 Å². The average molecular weight is 444 g/mol. The highest BCUT2D eigenvalue weighted by atomic mass is 32.1. The summed E-state index contributed by atoms with van der Waals surface area (Å²) in [4.78, 5) is 16.8. The monoisotopic (exact) mass is 444 g/mol. The third kappa shape index (κ3) is 5.28. The molecule has 2 heterocycles. The molecule has 2 aromatic carbocycles. The fourth-order valence-corrected chi connectivity index (χ4v) is 3.53. The molecule has 0 saturated carbocycles. The Balaban J connectivity index is 1.34. The first kappa shape index (κ1) is 20.6. The maximum Gasteiger partial charge on any atom is 0.268 e. The molecule has 0 bridgehead atoms. The minimum atomic E-state index is -0.798. The Morgan fingerprint density at radius 1 is 1.06 bits per heavy atom. The number of amides is 1. The number of carbonyl (C=O) groups is 1. The van der Waals surface area contributed by atoms with E-state index < -0.39 is 17.5 Å². The van der Waals surface area contributed by atoms with E-state index in [-0.39, 0.29) is 24.1 Å². The van der Waals surface area contributed by atoms with Gasteiger partial charge in [0.2, 0.25) is 5.95 Å². The highest BCUT2D eigenvalue weighted by Crippen LogP contribution is 2.21. The Kier molecular flexibility index (Phi) is 5.99. The molecule has 1 amide bonds. The van der Waals surface area contributed by atoms with Crippen molar-refractivity contribution in [2.75, 3.05) is 5.32 Å². The lowest BCUT2D eigenvalue weighted by molar-refractivity contribution is 0.102. The van der Waals surface area contributed by atoms with E-state index in [1.807, 2.05) is 0 Å². The lowest BCUT2D eigenvalue weighted by Gasteiger charge is -2.05. The molecule has 2 aromatic heterocycles. The van der Waals surface area contributed by atoms with E-state index in [2.05, 4.69) is 15.4 Å². The number of anilines is 1. The van der Waals surface area contributed by atoms with E-state index in [4.69, 9.17) is 4.74 Å². The standard InChI is InChI=1S/C21H15F3N4O2S/c22-15-3-1-2-13(6-15)9-28-12-25-21(27-28)26-20(29)19-7-14(11-31-19)10-30-18-5-4-16(23)8-17(18)24/h1-8,11-12H,9-10H2,(H,26,27,29). The van der Waals surface area contributed by atoms with E-state index in [0.717, 1.165) is 12.1 Å². The van der Waals surface area contributed by atoms with E-state index in [9.17, 15) is 18.0 Å². The van der Waals surface area contributed by atoms with Gasteiger partial charge in [0.15, 0.2) is 11.6 Å². The first-order valence-corrected chi connectivity index (χ1v) is 9.95. The molecule has 4 aromatic rings. The summed E-state index contributed by atoms with van der Waals surface area (Å²) in [6.07, 6.45) is 1.44. The zero-order valence-electron chi connectivity index (χ0n) is 15.9. The van der Waals surface area contributed by atoms with Crippen LogP contribution >= 0.6 is 11.3 Å². The molecule has 4 rings (SSSR count). The van der Waals surface area contributed by atoms with Crippen LogP contribution in [-0.2, 0) is 13.2 Å². The van der Waals surface area contributed by atoms with Gasteiger partial charge in [0.05, 0.1) is 11.4 Å². The zero-order valence-corrected chi connectivity index (χ0v) is 16.7. The van der Waals surface area contributed by atoms with Gasteiger partial charge in [-0.3, -0.25) is 10.1 Å². The van der Waals surface area contributed by atoms with E-state index in [0.29, 0.717) is 22.5 Å². The Labute approximate surface area is 178 Å². The zero-order chi connectivity index (χ0) is 21.8. The fraction of sp³-hybridized carbons (Fsp3) is 0.0952. The van der Waals surface area contributed by atoms with E-state index >= 15 is 0 Å². The summed E-state index contributed by atoms with van der Waals surface area (Å²) in [7, 11) is 0. The summed E-state index contributed by atoms with van der Waals surface area (Å²) in [6.45, 7) is 0.327. The number of aromatic nitrogens is 3. The number of hydrogen-bond acceptors (Lipinski definition) is 5. The second kappa shape index (κ2) is 9.00. The van der Waals surface area contributed by atoms with E-state index in [1.54, 1.807) is 23.6 Å². The Morgan fingerprint density at radius 2 is 1.90 bits per heavy atom. The van der Waals surface area contributed by atoms with Crippen LogP contribution in [0, 0.1) is 17.5 Å². The summed E-state index contributed by atoms with van der Waals surface area (Å²) in [5.41, 5.74) is 1.37. The molecule has 0 radical (unpaired) electrons. The lowest BCUT2D eigenvalue weighted by Crippen LogP contribution is -2.12. The molecule has 0 fully saturated rings. The minimum absolute atomic E-state index is 0.0207. The second-order valence-electron chi connectivity index (χ2n) is 6.53. The van der Waals surface area contributed by atoms with Gasteiger partial charge in [0.1, 0.15) is 24.6 Å². The molecule has 31 heavy (non-hydrogen) atoms. The fourth-order valence-electron chi connectivity index (χ4n) is 2.74. The molecule has 0 aliphatic carbocycles. The molecule has 0 atom stereocenters. The Morgan fingerprint density at radius 3 is 2.71 bits per heavy atom. The topological polar surface area (TPSA) is 69.0 Å². The molecular weight excluding hydrogens is 429 g/mol. The molecule has 0 aliphatic heterocycles. The van der Waals surface area contributed by atoms with Gasteiger partial charge in [-0.25, -0.2) is 22.8 Å². The van der Waals surface area contributed by atoms with Crippen LogP contribution < -0.4 is 10.1 Å². The van der Waals surface area contributed by atoms with Gasteiger partial charge in [-0.15, -0.1) is 16.4 Å². The number of nitrogens with one attached hydrogen (secondary N) is 1. The maximum atomic E-state index is 13.6. The number of thiophene rings is 1. The molecule has 158 valence electrons. The summed E-state index contributed by atoms with van der Waals surface area (Å²) in [5, 5.41) is 8.45. The van der Waals surface area contributed by atoms with Crippen LogP contribution in [-0.4, -0.2) is 20.7 Å². The first-order valence-electron chi connectivity index (χ1n) is 9.07. The number of benzene rings is 2. The molecule has 0 unspecified atom stereocenters. The normalized spacial score (nSPS) is 10.8. The highest BCUT2D eigenvalue weighted by molar-refractivity contribution is 7.12. The number of ether oxygens (including phenoxy) is 1. The van der Waals surface area contributed by atoms with Crippen molar-refractivity contribution in [3.63, 3.8) is 0 Å². The molecule has 6 nitrogen and oxygen atoms in total. The SMILES string of the molecule is O=C(Nc1ncn(Cc2cccc(F)c2)n1)c1cc(COc2ccc(F)cc2F)cs1. The lowest BCUT2D eigenvalue weighted by atomic mass is 10.2.